The molecule has 0 fully saturated rings. The van der Waals surface area contributed by atoms with Gasteiger partial charge >= 0.3 is 0 Å². The molecule has 0 aliphatic heterocycles. The predicted molar refractivity (Wildman–Crippen MR) is 82.8 cm³/mol. The Morgan fingerprint density at radius 2 is 1.39 bits per heavy atom. The van der Waals surface area contributed by atoms with E-state index in [1.54, 1.807) is 0 Å². The maximum Gasteiger partial charge on any atom is 0.0249 e. The molecule has 0 radical (unpaired) electrons. The lowest BCUT2D eigenvalue weighted by molar-refractivity contribution is 0.0732. The quantitative estimate of drug-likeness (QED) is 0.642. The van der Waals surface area contributed by atoms with E-state index < -0.39 is 0 Å². The van der Waals surface area contributed by atoms with Gasteiger partial charge in [-0.1, -0.05) is 54.4 Å². The molecule has 18 heavy (non-hydrogen) atoms. The van der Waals surface area contributed by atoms with E-state index in [2.05, 4.69) is 46.4 Å². The minimum absolute atomic E-state index is 0.562. The second-order valence-corrected chi connectivity index (χ2v) is 5.94. The first-order valence-electron chi connectivity index (χ1n) is 8.01. The van der Waals surface area contributed by atoms with Gasteiger partial charge in [0.25, 0.3) is 0 Å². The molecule has 0 heterocycles. The second-order valence-electron chi connectivity index (χ2n) is 5.94. The zero-order chi connectivity index (χ0) is 14.1. The van der Waals surface area contributed by atoms with E-state index in [1.807, 2.05) is 0 Å². The summed E-state index contributed by atoms with van der Waals surface area (Å²) in [6.45, 7) is 15.8. The molecule has 0 aromatic carbocycles. The van der Waals surface area contributed by atoms with Crippen molar-refractivity contribution in [3.05, 3.63) is 0 Å². The van der Waals surface area contributed by atoms with E-state index in [9.17, 15) is 0 Å². The summed E-state index contributed by atoms with van der Waals surface area (Å²) < 4.78 is 0. The fraction of sp³-hybridized carbons (Fsp3) is 1.00. The van der Waals surface area contributed by atoms with Crippen molar-refractivity contribution in [1.29, 1.82) is 0 Å². The molecule has 1 unspecified atom stereocenters. The molecule has 0 aromatic rings. The molecule has 2 heteroatoms. The number of hydrogen-bond acceptors (Lipinski definition) is 2. The van der Waals surface area contributed by atoms with Gasteiger partial charge in [0.1, 0.15) is 0 Å². The molecule has 0 spiro atoms. The van der Waals surface area contributed by atoms with Gasteiger partial charge in [0.05, 0.1) is 0 Å². The first-order valence-corrected chi connectivity index (χ1v) is 8.01. The topological polar surface area (TPSA) is 29.3 Å². The van der Waals surface area contributed by atoms with Gasteiger partial charge < -0.3 is 5.73 Å². The average molecular weight is 256 g/mol. The third-order valence-electron chi connectivity index (χ3n) is 4.25. The van der Waals surface area contributed by atoms with Gasteiger partial charge in [-0.25, -0.2) is 0 Å². The molecule has 0 aliphatic carbocycles. The third-order valence-corrected chi connectivity index (χ3v) is 4.25. The lowest BCUT2D eigenvalue weighted by atomic mass is 9.90. The molecule has 0 rings (SSSR count). The summed E-state index contributed by atoms with van der Waals surface area (Å²) in [6.07, 6.45) is 4.96. The molecule has 0 bridgehead atoms. The van der Waals surface area contributed by atoms with Crippen molar-refractivity contribution in [3.8, 4) is 0 Å². The monoisotopic (exact) mass is 256 g/mol. The van der Waals surface area contributed by atoms with Crippen LogP contribution in [0, 0.1) is 11.8 Å². The van der Waals surface area contributed by atoms with Crippen LogP contribution in [0.3, 0.4) is 0 Å². The maximum atomic E-state index is 6.11. The molecule has 2 N–H and O–H groups in total. The second kappa shape index (κ2) is 9.80. The summed E-state index contributed by atoms with van der Waals surface area (Å²) >= 11 is 0. The molecule has 2 nitrogen and oxygen atoms in total. The zero-order valence-electron chi connectivity index (χ0n) is 13.6. The lowest BCUT2D eigenvalue weighted by Crippen LogP contribution is -2.51. The fourth-order valence-electron chi connectivity index (χ4n) is 3.17. The van der Waals surface area contributed by atoms with Crippen LogP contribution in [0.5, 0.6) is 0 Å². The summed E-state index contributed by atoms with van der Waals surface area (Å²) in [6, 6.07) is 1.26. The fourth-order valence-corrected chi connectivity index (χ4v) is 3.17. The minimum Gasteiger partial charge on any atom is -0.329 e. The van der Waals surface area contributed by atoms with E-state index in [1.165, 1.54) is 32.2 Å². The first-order chi connectivity index (χ1) is 8.55. The summed E-state index contributed by atoms with van der Waals surface area (Å²) in [4.78, 5) is 2.71. The van der Waals surface area contributed by atoms with E-state index in [0.29, 0.717) is 18.0 Å². The Morgan fingerprint density at radius 1 is 0.889 bits per heavy atom. The average Bonchev–Trinajstić information content (AvgIpc) is 2.35. The molecular weight excluding hydrogens is 220 g/mol. The largest absolute Gasteiger partial charge is 0.329 e. The Labute approximate surface area is 115 Å². The van der Waals surface area contributed by atoms with E-state index in [4.69, 9.17) is 5.73 Å². The van der Waals surface area contributed by atoms with Crippen molar-refractivity contribution < 1.29 is 0 Å². The van der Waals surface area contributed by atoms with Crippen LogP contribution in [0.1, 0.15) is 67.2 Å². The minimum atomic E-state index is 0.562. The highest BCUT2D eigenvalue weighted by atomic mass is 15.2. The van der Waals surface area contributed by atoms with Crippen LogP contribution in [0.2, 0.25) is 0 Å². The number of rotatable bonds is 10. The SMILES string of the molecule is CCC(CC)C(CN)N(CC(C)C)C(CC)CC. The molecule has 0 saturated carbocycles. The van der Waals surface area contributed by atoms with Crippen molar-refractivity contribution in [2.45, 2.75) is 79.3 Å². The van der Waals surface area contributed by atoms with Crippen molar-refractivity contribution >= 4 is 0 Å². The van der Waals surface area contributed by atoms with Crippen LogP contribution in [-0.2, 0) is 0 Å². The van der Waals surface area contributed by atoms with Gasteiger partial charge in [0.15, 0.2) is 0 Å². The van der Waals surface area contributed by atoms with Crippen LogP contribution >= 0.6 is 0 Å². The Morgan fingerprint density at radius 3 is 1.67 bits per heavy atom. The predicted octanol–water partition coefficient (Wildman–Crippen LogP) is 3.90. The van der Waals surface area contributed by atoms with Crippen molar-refractivity contribution in [1.82, 2.24) is 4.90 Å². The van der Waals surface area contributed by atoms with E-state index in [-0.39, 0.29) is 0 Å². The van der Waals surface area contributed by atoms with Gasteiger partial charge in [0, 0.05) is 25.2 Å². The van der Waals surface area contributed by atoms with Crippen LogP contribution in [-0.4, -0.2) is 30.1 Å². The zero-order valence-corrected chi connectivity index (χ0v) is 13.6. The van der Waals surface area contributed by atoms with Gasteiger partial charge in [-0.05, 0) is 24.7 Å². The Bertz CT molecular complexity index is 184. The third kappa shape index (κ3) is 5.27. The van der Waals surface area contributed by atoms with Crippen LogP contribution < -0.4 is 5.73 Å². The molecule has 110 valence electrons. The van der Waals surface area contributed by atoms with Gasteiger partial charge in [-0.15, -0.1) is 0 Å². The number of hydrogen-bond donors (Lipinski definition) is 1. The van der Waals surface area contributed by atoms with Gasteiger partial charge in [0.2, 0.25) is 0 Å². The summed E-state index contributed by atoms with van der Waals surface area (Å²) in [7, 11) is 0. The summed E-state index contributed by atoms with van der Waals surface area (Å²) in [5.41, 5.74) is 6.11. The normalized spacial score (nSPS) is 14.2. The Hall–Kier alpha value is -0.0800. The lowest BCUT2D eigenvalue weighted by Gasteiger charge is -2.41. The van der Waals surface area contributed by atoms with Crippen LogP contribution in [0.25, 0.3) is 0 Å². The van der Waals surface area contributed by atoms with Crippen molar-refractivity contribution in [3.63, 3.8) is 0 Å². The highest BCUT2D eigenvalue weighted by Crippen LogP contribution is 2.23. The summed E-state index contributed by atoms with van der Waals surface area (Å²) in [5.74, 6) is 1.46. The van der Waals surface area contributed by atoms with Crippen LogP contribution in [0.15, 0.2) is 0 Å². The Kier molecular flexibility index (Phi) is 9.76. The van der Waals surface area contributed by atoms with E-state index >= 15 is 0 Å². The van der Waals surface area contributed by atoms with Crippen molar-refractivity contribution in [2.24, 2.45) is 17.6 Å². The molecule has 0 amide bonds. The molecule has 0 aliphatic rings. The number of nitrogens with two attached hydrogens (primary N) is 1. The van der Waals surface area contributed by atoms with E-state index in [0.717, 1.165) is 12.5 Å². The maximum absolute atomic E-state index is 6.11. The molecule has 1 atom stereocenters. The number of nitrogens with zero attached hydrogens (tertiary/aromatic N) is 1. The highest BCUT2D eigenvalue weighted by molar-refractivity contribution is 4.84. The van der Waals surface area contributed by atoms with Crippen LogP contribution in [0.4, 0.5) is 0 Å². The Balaban J connectivity index is 4.97. The van der Waals surface area contributed by atoms with Gasteiger partial charge in [-0.3, -0.25) is 4.90 Å². The first kappa shape index (κ1) is 17.9. The molecular formula is C16H36N2. The summed E-state index contributed by atoms with van der Waals surface area (Å²) in [5, 5.41) is 0. The van der Waals surface area contributed by atoms with Crippen molar-refractivity contribution in [2.75, 3.05) is 13.1 Å². The molecule has 0 aromatic heterocycles. The smallest absolute Gasteiger partial charge is 0.0249 e. The highest BCUT2D eigenvalue weighted by Gasteiger charge is 2.28. The molecule has 0 saturated heterocycles. The van der Waals surface area contributed by atoms with Gasteiger partial charge in [-0.2, -0.15) is 0 Å². The standard InChI is InChI=1S/C16H36N2/c1-7-14(8-2)16(11-17)18(12-13(5)6)15(9-3)10-4/h13-16H,7-12,17H2,1-6H3.